The van der Waals surface area contributed by atoms with Crippen molar-refractivity contribution in [1.29, 1.82) is 0 Å². The molecule has 1 fully saturated rings. The van der Waals surface area contributed by atoms with E-state index in [4.69, 9.17) is 9.29 Å². The van der Waals surface area contributed by atoms with Gasteiger partial charge in [0.05, 0.1) is 6.61 Å². The van der Waals surface area contributed by atoms with Crippen LogP contribution in [0.1, 0.15) is 5.56 Å². The minimum Gasteiger partial charge on any atom is -0.508 e. The zero-order chi connectivity index (χ0) is 20.2. The van der Waals surface area contributed by atoms with Gasteiger partial charge in [0.1, 0.15) is 40.6 Å². The van der Waals surface area contributed by atoms with Gasteiger partial charge < -0.3 is 30.3 Å². The van der Waals surface area contributed by atoms with E-state index >= 15 is 0 Å². The summed E-state index contributed by atoms with van der Waals surface area (Å²) in [6.07, 6.45) is -6.01. The number of nitrogens with zero attached hydrogens (tertiary/aromatic N) is 1. The van der Waals surface area contributed by atoms with E-state index in [9.17, 15) is 34.0 Å². The summed E-state index contributed by atoms with van der Waals surface area (Å²) in [7, 11) is -4.89. The SMILES string of the molecule is O=S(=O)(O)O/N=C(\Cc1cccc(O)c1)S[C@H]1O[C@H](CO)[C@H](O)[C@@H](O)[C@H]1O. The standard InChI is InChI=1S/C14H19NO10S2/c16-6-9-11(18)12(19)13(20)14(24-9)26-10(15-25-27(21,22)23)5-7-2-1-3-8(17)4-7/h1-4,9,11-14,16-20H,5-6H2,(H,21,22,23)/b15-10+/t9-,11+,12-,13-,14-/m1/s1. The summed E-state index contributed by atoms with van der Waals surface area (Å²) in [6.45, 7) is -0.636. The average Bonchev–Trinajstić information content (AvgIpc) is 2.59. The maximum absolute atomic E-state index is 10.8. The summed E-state index contributed by atoms with van der Waals surface area (Å²) < 4.78 is 39.6. The predicted octanol–water partition coefficient (Wildman–Crippen LogP) is -1.40. The van der Waals surface area contributed by atoms with Crippen molar-refractivity contribution in [3.05, 3.63) is 29.8 Å². The number of hydrogen-bond donors (Lipinski definition) is 6. The van der Waals surface area contributed by atoms with Crippen LogP contribution >= 0.6 is 11.8 Å². The third kappa shape index (κ3) is 6.29. The molecule has 0 bridgehead atoms. The highest BCUT2D eigenvalue weighted by Gasteiger charge is 2.44. The first kappa shape index (κ1) is 21.8. The Bertz CT molecular complexity index is 769. The number of aromatic hydroxyl groups is 1. The van der Waals surface area contributed by atoms with E-state index in [0.717, 1.165) is 0 Å². The van der Waals surface area contributed by atoms with Crippen molar-refractivity contribution in [2.75, 3.05) is 6.61 Å². The molecule has 6 N–H and O–H groups in total. The third-order valence-corrected chi connectivity index (χ3v) is 4.98. The molecule has 1 heterocycles. The Labute approximate surface area is 158 Å². The van der Waals surface area contributed by atoms with Crippen LogP contribution in [0.15, 0.2) is 29.4 Å². The first-order valence-corrected chi connectivity index (χ1v) is 9.83. The number of aliphatic hydroxyl groups excluding tert-OH is 4. The van der Waals surface area contributed by atoms with E-state index in [-0.39, 0.29) is 17.2 Å². The van der Waals surface area contributed by atoms with Crippen LogP contribution < -0.4 is 0 Å². The summed E-state index contributed by atoms with van der Waals surface area (Å²) in [4.78, 5) is 0. The number of hydrogen-bond acceptors (Lipinski definition) is 11. The normalized spacial score (nSPS) is 29.5. The van der Waals surface area contributed by atoms with E-state index in [1.165, 1.54) is 18.2 Å². The third-order valence-electron chi connectivity index (χ3n) is 3.60. The van der Waals surface area contributed by atoms with E-state index in [0.29, 0.717) is 17.3 Å². The zero-order valence-electron chi connectivity index (χ0n) is 13.7. The molecule has 5 atom stereocenters. The van der Waals surface area contributed by atoms with Gasteiger partial charge in [0, 0.05) is 6.42 Å². The Hall–Kier alpha value is -1.45. The van der Waals surface area contributed by atoms with Crippen LogP contribution in [-0.2, 0) is 25.8 Å². The Kier molecular flexibility index (Phi) is 7.41. The molecule has 1 aliphatic heterocycles. The maximum atomic E-state index is 10.8. The molecule has 1 aliphatic rings. The lowest BCUT2D eigenvalue weighted by atomic mass is 10.0. The smallest absolute Gasteiger partial charge is 0.466 e. The fraction of sp³-hybridized carbons (Fsp3) is 0.500. The number of phenolic OH excluding ortho intramolecular Hbond substituents is 1. The van der Waals surface area contributed by atoms with Gasteiger partial charge in [0.2, 0.25) is 0 Å². The largest absolute Gasteiger partial charge is 0.508 e. The minimum absolute atomic E-state index is 0.0552. The molecule has 1 aromatic rings. The zero-order valence-corrected chi connectivity index (χ0v) is 15.3. The van der Waals surface area contributed by atoms with Gasteiger partial charge >= 0.3 is 10.4 Å². The molecule has 1 saturated heterocycles. The summed E-state index contributed by atoms with van der Waals surface area (Å²) >= 11 is 0.653. The highest BCUT2D eigenvalue weighted by Crippen LogP contribution is 2.30. The van der Waals surface area contributed by atoms with E-state index < -0.39 is 46.9 Å². The van der Waals surface area contributed by atoms with Crippen molar-refractivity contribution in [2.45, 2.75) is 36.3 Å². The second-order valence-corrected chi connectivity index (χ2v) is 7.83. The second kappa shape index (κ2) is 9.16. The van der Waals surface area contributed by atoms with Crippen molar-refractivity contribution in [2.24, 2.45) is 5.16 Å². The van der Waals surface area contributed by atoms with Gasteiger partial charge in [-0.15, -0.1) is 0 Å². The average molecular weight is 425 g/mol. The molecule has 0 radical (unpaired) electrons. The Morgan fingerprint density at radius 2 is 1.93 bits per heavy atom. The van der Waals surface area contributed by atoms with Gasteiger partial charge in [0.25, 0.3) is 0 Å². The van der Waals surface area contributed by atoms with Crippen LogP contribution in [0.4, 0.5) is 0 Å². The molecule has 0 unspecified atom stereocenters. The van der Waals surface area contributed by atoms with Gasteiger partial charge in [0.15, 0.2) is 0 Å². The molecule has 11 nitrogen and oxygen atoms in total. The number of rotatable bonds is 6. The van der Waals surface area contributed by atoms with Crippen LogP contribution in [0.5, 0.6) is 5.75 Å². The number of phenols is 1. The van der Waals surface area contributed by atoms with E-state index in [2.05, 4.69) is 9.44 Å². The highest BCUT2D eigenvalue weighted by atomic mass is 32.3. The van der Waals surface area contributed by atoms with Crippen molar-refractivity contribution in [1.82, 2.24) is 0 Å². The molecule has 0 aromatic heterocycles. The van der Waals surface area contributed by atoms with Crippen molar-refractivity contribution >= 4 is 27.2 Å². The van der Waals surface area contributed by atoms with Crippen LogP contribution in [-0.4, -0.2) is 80.0 Å². The summed E-state index contributed by atoms with van der Waals surface area (Å²) in [5.74, 6) is -0.0552. The predicted molar refractivity (Wildman–Crippen MR) is 93.2 cm³/mol. The molecule has 0 amide bonds. The fourth-order valence-corrected chi connectivity index (χ4v) is 3.65. The Morgan fingerprint density at radius 3 is 2.52 bits per heavy atom. The van der Waals surface area contributed by atoms with Crippen molar-refractivity contribution in [3.63, 3.8) is 0 Å². The van der Waals surface area contributed by atoms with Gasteiger partial charge in [-0.05, 0) is 17.7 Å². The summed E-state index contributed by atoms with van der Waals surface area (Å²) in [5, 5.41) is 51.6. The number of oxime groups is 1. The topological polar surface area (TPSA) is 186 Å². The molecular formula is C14H19NO10S2. The van der Waals surface area contributed by atoms with Gasteiger partial charge in [-0.1, -0.05) is 29.1 Å². The van der Waals surface area contributed by atoms with E-state index in [1.54, 1.807) is 6.07 Å². The lowest BCUT2D eigenvalue weighted by molar-refractivity contribution is -0.205. The van der Waals surface area contributed by atoms with Crippen molar-refractivity contribution < 1.29 is 47.5 Å². The number of thioether (sulfide) groups is 1. The summed E-state index contributed by atoms with van der Waals surface area (Å²) in [5.41, 5.74) is -0.744. The molecule has 0 spiro atoms. The van der Waals surface area contributed by atoms with Crippen LogP contribution in [0, 0.1) is 0 Å². The number of aliphatic hydroxyl groups is 4. The first-order chi connectivity index (χ1) is 12.6. The lowest BCUT2D eigenvalue weighted by Gasteiger charge is -2.39. The molecule has 152 valence electrons. The lowest BCUT2D eigenvalue weighted by Crippen LogP contribution is -2.57. The van der Waals surface area contributed by atoms with Crippen LogP contribution in [0.25, 0.3) is 0 Å². The summed E-state index contributed by atoms with van der Waals surface area (Å²) in [6, 6.07) is 5.91. The highest BCUT2D eigenvalue weighted by molar-refractivity contribution is 8.14. The van der Waals surface area contributed by atoms with Gasteiger partial charge in [-0.3, -0.25) is 4.55 Å². The Balaban J connectivity index is 2.22. The quantitative estimate of drug-likeness (QED) is 0.136. The fourth-order valence-electron chi connectivity index (χ4n) is 2.32. The molecule has 2 rings (SSSR count). The van der Waals surface area contributed by atoms with Crippen LogP contribution in [0.2, 0.25) is 0 Å². The van der Waals surface area contributed by atoms with Gasteiger partial charge in [-0.25, -0.2) is 4.28 Å². The van der Waals surface area contributed by atoms with Crippen molar-refractivity contribution in [3.8, 4) is 5.75 Å². The molecule has 0 aliphatic carbocycles. The minimum atomic E-state index is -4.89. The number of benzene rings is 1. The molecule has 1 aromatic carbocycles. The number of ether oxygens (including phenoxy) is 1. The molecule has 27 heavy (non-hydrogen) atoms. The monoisotopic (exact) mass is 425 g/mol. The first-order valence-electron chi connectivity index (χ1n) is 7.58. The van der Waals surface area contributed by atoms with E-state index in [1.807, 2.05) is 0 Å². The van der Waals surface area contributed by atoms with Crippen LogP contribution in [0.3, 0.4) is 0 Å². The second-order valence-electron chi connectivity index (χ2n) is 5.65. The molecule has 13 heteroatoms. The van der Waals surface area contributed by atoms with Gasteiger partial charge in [-0.2, -0.15) is 8.42 Å². The Morgan fingerprint density at radius 1 is 1.22 bits per heavy atom. The maximum Gasteiger partial charge on any atom is 0.466 e. The molecule has 0 saturated carbocycles. The molecular weight excluding hydrogens is 406 g/mol.